The minimum absolute atomic E-state index is 0.0685. The van der Waals surface area contributed by atoms with Crippen molar-refractivity contribution in [2.75, 3.05) is 0 Å². The van der Waals surface area contributed by atoms with E-state index in [1.165, 1.54) is 12.1 Å². The molecule has 0 fully saturated rings. The lowest BCUT2D eigenvalue weighted by Gasteiger charge is -2.12. The van der Waals surface area contributed by atoms with Crippen molar-refractivity contribution in [1.82, 2.24) is 0 Å². The molecule has 2 aromatic carbocycles. The molecular weight excluding hydrogens is 283 g/mol. The van der Waals surface area contributed by atoms with E-state index in [2.05, 4.69) is 0 Å². The molecule has 0 spiro atoms. The zero-order valence-electron chi connectivity index (χ0n) is 12.0. The van der Waals surface area contributed by atoms with Crippen molar-refractivity contribution in [1.29, 1.82) is 0 Å². The van der Waals surface area contributed by atoms with Gasteiger partial charge in [-0.15, -0.1) is 0 Å². The molecule has 0 aliphatic rings. The molecule has 114 valence electrons. The number of halogens is 1. The average molecular weight is 300 g/mol. The van der Waals surface area contributed by atoms with Crippen LogP contribution in [0.25, 0.3) is 11.1 Å². The Hall–Kier alpha value is -2.69. The lowest BCUT2D eigenvalue weighted by atomic mass is 9.94. The van der Waals surface area contributed by atoms with Gasteiger partial charge in [0.05, 0.1) is 5.92 Å². The molecule has 4 nitrogen and oxygen atoms in total. The third-order valence-corrected chi connectivity index (χ3v) is 3.44. The van der Waals surface area contributed by atoms with Gasteiger partial charge in [-0.1, -0.05) is 36.4 Å². The fourth-order valence-corrected chi connectivity index (χ4v) is 2.30. The van der Waals surface area contributed by atoms with Crippen LogP contribution >= 0.6 is 0 Å². The topological polar surface area (TPSA) is 86.2 Å². The van der Waals surface area contributed by atoms with E-state index in [0.29, 0.717) is 6.42 Å². The molecule has 0 saturated heterocycles. The number of rotatable bonds is 6. The van der Waals surface area contributed by atoms with E-state index < -0.39 is 17.7 Å². The second kappa shape index (κ2) is 6.85. The van der Waals surface area contributed by atoms with Crippen LogP contribution in [0.4, 0.5) is 4.39 Å². The summed E-state index contributed by atoms with van der Waals surface area (Å²) in [5.41, 5.74) is 12.9. The molecule has 4 N–H and O–H groups in total. The Bertz CT molecular complexity index is 683. The Morgan fingerprint density at radius 2 is 1.68 bits per heavy atom. The molecule has 0 bridgehead atoms. The highest BCUT2D eigenvalue weighted by molar-refractivity contribution is 5.84. The predicted molar refractivity (Wildman–Crippen MR) is 82.0 cm³/mol. The first-order valence-electron chi connectivity index (χ1n) is 6.88. The summed E-state index contributed by atoms with van der Waals surface area (Å²) in [7, 11) is 0. The summed E-state index contributed by atoms with van der Waals surface area (Å²) in [6.45, 7) is 0. The Labute approximate surface area is 127 Å². The minimum atomic E-state index is -0.613. The first kappa shape index (κ1) is 15.7. The molecule has 2 rings (SSSR count). The molecular formula is C17H17FN2O2. The van der Waals surface area contributed by atoms with Gasteiger partial charge in [0.15, 0.2) is 0 Å². The second-order valence-corrected chi connectivity index (χ2v) is 5.18. The molecule has 0 aromatic heterocycles. The minimum Gasteiger partial charge on any atom is -0.370 e. The lowest BCUT2D eigenvalue weighted by molar-refractivity contribution is -0.126. The molecule has 0 radical (unpaired) electrons. The maximum Gasteiger partial charge on any atom is 0.221 e. The van der Waals surface area contributed by atoms with E-state index in [-0.39, 0.29) is 12.2 Å². The molecule has 5 heteroatoms. The number of primary amides is 2. The predicted octanol–water partition coefficient (Wildman–Crippen LogP) is 2.01. The highest BCUT2D eigenvalue weighted by Gasteiger charge is 2.18. The number of nitrogens with two attached hydrogens (primary N) is 2. The third kappa shape index (κ3) is 4.15. The van der Waals surface area contributed by atoms with E-state index in [1.54, 1.807) is 6.07 Å². The van der Waals surface area contributed by atoms with Crippen LogP contribution < -0.4 is 11.5 Å². The number of amides is 2. The van der Waals surface area contributed by atoms with Crippen LogP contribution in [0.1, 0.15) is 12.0 Å². The van der Waals surface area contributed by atoms with E-state index in [1.807, 2.05) is 30.3 Å². The van der Waals surface area contributed by atoms with Crippen LogP contribution in [0.5, 0.6) is 0 Å². The second-order valence-electron chi connectivity index (χ2n) is 5.18. The first-order valence-corrected chi connectivity index (χ1v) is 6.88. The molecule has 22 heavy (non-hydrogen) atoms. The van der Waals surface area contributed by atoms with Crippen LogP contribution in [0.2, 0.25) is 0 Å². The summed E-state index contributed by atoms with van der Waals surface area (Å²) in [4.78, 5) is 22.3. The van der Waals surface area contributed by atoms with Gasteiger partial charge < -0.3 is 11.5 Å². The van der Waals surface area contributed by atoms with Gasteiger partial charge in [-0.2, -0.15) is 0 Å². The Balaban J connectivity index is 2.14. The quantitative estimate of drug-likeness (QED) is 0.855. The Morgan fingerprint density at radius 3 is 2.23 bits per heavy atom. The van der Waals surface area contributed by atoms with Crippen LogP contribution in [0, 0.1) is 11.7 Å². The van der Waals surface area contributed by atoms with Crippen LogP contribution in [-0.4, -0.2) is 11.8 Å². The number of carbonyl (C=O) groups excluding carboxylic acids is 2. The van der Waals surface area contributed by atoms with Crippen molar-refractivity contribution >= 4 is 11.8 Å². The zero-order valence-corrected chi connectivity index (χ0v) is 12.0. The smallest absolute Gasteiger partial charge is 0.221 e. The van der Waals surface area contributed by atoms with Gasteiger partial charge in [-0.05, 0) is 35.2 Å². The van der Waals surface area contributed by atoms with Gasteiger partial charge in [0.25, 0.3) is 0 Å². The molecule has 2 aromatic rings. The number of hydrogen-bond donors (Lipinski definition) is 2. The number of hydrogen-bond acceptors (Lipinski definition) is 2. The van der Waals surface area contributed by atoms with Gasteiger partial charge in [-0.3, -0.25) is 9.59 Å². The van der Waals surface area contributed by atoms with Gasteiger partial charge in [0.2, 0.25) is 11.8 Å². The van der Waals surface area contributed by atoms with Crippen molar-refractivity contribution in [3.63, 3.8) is 0 Å². The normalized spacial score (nSPS) is 11.9. The largest absolute Gasteiger partial charge is 0.370 e. The zero-order chi connectivity index (χ0) is 16.1. The number of benzene rings is 2. The SMILES string of the molecule is NC(=O)C[C@@H](Cc1ccc(-c2cccc(F)c2)cc1)C(N)=O. The summed E-state index contributed by atoms with van der Waals surface area (Å²) in [6.07, 6.45) is 0.280. The Morgan fingerprint density at radius 1 is 1.00 bits per heavy atom. The van der Waals surface area contributed by atoms with E-state index in [0.717, 1.165) is 16.7 Å². The summed E-state index contributed by atoms with van der Waals surface area (Å²) in [5, 5.41) is 0. The highest BCUT2D eigenvalue weighted by Crippen LogP contribution is 2.22. The number of carbonyl (C=O) groups is 2. The molecule has 0 aliphatic heterocycles. The van der Waals surface area contributed by atoms with Crippen LogP contribution in [0.15, 0.2) is 48.5 Å². The van der Waals surface area contributed by atoms with E-state index in [4.69, 9.17) is 11.5 Å². The summed E-state index contributed by atoms with van der Waals surface area (Å²) in [6, 6.07) is 13.6. The van der Waals surface area contributed by atoms with Crippen molar-refractivity contribution in [3.8, 4) is 11.1 Å². The summed E-state index contributed by atoms with van der Waals surface area (Å²) < 4.78 is 13.2. The van der Waals surface area contributed by atoms with Crippen molar-refractivity contribution in [3.05, 3.63) is 59.9 Å². The molecule has 1 atom stereocenters. The van der Waals surface area contributed by atoms with Gasteiger partial charge in [0, 0.05) is 6.42 Å². The van der Waals surface area contributed by atoms with Gasteiger partial charge in [0.1, 0.15) is 5.82 Å². The standard InChI is InChI=1S/C17H17FN2O2/c18-15-3-1-2-13(9-15)12-6-4-11(5-7-12)8-14(17(20)22)10-16(19)21/h1-7,9,14H,8,10H2,(H2,19,21)(H2,20,22)/t14-/m1/s1. The fourth-order valence-electron chi connectivity index (χ4n) is 2.30. The van der Waals surface area contributed by atoms with E-state index in [9.17, 15) is 14.0 Å². The van der Waals surface area contributed by atoms with Crippen molar-refractivity contribution in [2.24, 2.45) is 17.4 Å². The monoisotopic (exact) mass is 300 g/mol. The molecule has 2 amide bonds. The maximum atomic E-state index is 13.2. The van der Waals surface area contributed by atoms with Crippen molar-refractivity contribution in [2.45, 2.75) is 12.8 Å². The lowest BCUT2D eigenvalue weighted by Crippen LogP contribution is -2.29. The molecule has 0 unspecified atom stereocenters. The Kier molecular flexibility index (Phi) is 4.88. The van der Waals surface area contributed by atoms with Crippen LogP contribution in [-0.2, 0) is 16.0 Å². The highest BCUT2D eigenvalue weighted by atomic mass is 19.1. The average Bonchev–Trinajstić information content (AvgIpc) is 2.47. The fraction of sp³-hybridized carbons (Fsp3) is 0.176. The molecule has 0 saturated carbocycles. The van der Waals surface area contributed by atoms with Crippen LogP contribution in [0.3, 0.4) is 0 Å². The van der Waals surface area contributed by atoms with Gasteiger partial charge in [-0.25, -0.2) is 4.39 Å². The summed E-state index contributed by atoms with van der Waals surface area (Å²) in [5.74, 6) is -2.01. The van der Waals surface area contributed by atoms with E-state index >= 15 is 0 Å². The maximum absolute atomic E-state index is 13.2. The first-order chi connectivity index (χ1) is 10.5. The molecule has 0 aliphatic carbocycles. The van der Waals surface area contributed by atoms with Crippen molar-refractivity contribution < 1.29 is 14.0 Å². The molecule has 0 heterocycles. The third-order valence-electron chi connectivity index (χ3n) is 3.44. The summed E-state index contributed by atoms with van der Waals surface area (Å²) >= 11 is 0. The van der Waals surface area contributed by atoms with Gasteiger partial charge >= 0.3 is 0 Å².